The van der Waals surface area contributed by atoms with Crippen LogP contribution in [-0.4, -0.2) is 118 Å². The van der Waals surface area contributed by atoms with Gasteiger partial charge in [0.15, 0.2) is 6.61 Å². The smallest absolute Gasteiger partial charge is 0.305 e. The number of aliphatic carboxylic acids is 1. The molecule has 3 rings (SSSR count). The van der Waals surface area contributed by atoms with Crippen molar-refractivity contribution < 1.29 is 57.6 Å². The Kier molecular flexibility index (Phi) is 12.6. The molecule has 5 amide bonds. The highest BCUT2D eigenvalue weighted by molar-refractivity contribution is 6.24. The third-order valence-corrected chi connectivity index (χ3v) is 5.93. The number of hydrogen-bond acceptors (Lipinski definition) is 11. The van der Waals surface area contributed by atoms with E-state index in [2.05, 4.69) is 10.6 Å². The van der Waals surface area contributed by atoms with Crippen LogP contribution in [0, 0.1) is 0 Å². The number of ether oxygens (including phenoxy) is 5. The largest absolute Gasteiger partial charge is 0.483 e. The second-order valence-electron chi connectivity index (χ2n) is 8.86. The van der Waals surface area contributed by atoms with Crippen LogP contribution in [0.25, 0.3) is 0 Å². The molecule has 0 bridgehead atoms. The lowest BCUT2D eigenvalue weighted by Crippen LogP contribution is -2.54. The second-order valence-corrected chi connectivity index (χ2v) is 8.86. The number of carboxylic acids is 1. The molecular formula is C26H33N3O12. The normalized spacial score (nSPS) is 16.5. The molecule has 2 aliphatic rings. The van der Waals surface area contributed by atoms with E-state index in [9.17, 15) is 28.8 Å². The lowest BCUT2D eigenvalue weighted by Gasteiger charge is -2.27. The van der Waals surface area contributed by atoms with Gasteiger partial charge in [-0.05, 0) is 18.6 Å². The molecule has 1 aromatic carbocycles. The van der Waals surface area contributed by atoms with E-state index in [-0.39, 0.29) is 55.9 Å². The third kappa shape index (κ3) is 9.60. The molecule has 15 nitrogen and oxygen atoms in total. The van der Waals surface area contributed by atoms with Crippen molar-refractivity contribution in [2.24, 2.45) is 0 Å². The monoisotopic (exact) mass is 579 g/mol. The number of carboxylic acid groups (broad SMARTS) is 1. The van der Waals surface area contributed by atoms with Crippen molar-refractivity contribution in [1.29, 1.82) is 0 Å². The summed E-state index contributed by atoms with van der Waals surface area (Å²) in [5, 5.41) is 13.2. The molecule has 0 spiro atoms. The van der Waals surface area contributed by atoms with Crippen LogP contribution in [-0.2, 0) is 38.1 Å². The highest BCUT2D eigenvalue weighted by Gasteiger charge is 2.46. The molecule has 0 aliphatic carbocycles. The number of benzene rings is 1. The first kappa shape index (κ1) is 31.6. The van der Waals surface area contributed by atoms with Gasteiger partial charge >= 0.3 is 5.97 Å². The maximum Gasteiger partial charge on any atom is 0.305 e. The van der Waals surface area contributed by atoms with Crippen LogP contribution in [0.2, 0.25) is 0 Å². The Morgan fingerprint density at radius 2 is 1.54 bits per heavy atom. The molecule has 224 valence electrons. The SMILES string of the molecule is O=C(O)CCOCCOCCOCCOCCNC(=O)COc1cccc2c1C(=O)N(C1CCC(=O)NC1=O)C2=O. The number of carbonyl (C=O) groups is 6. The van der Waals surface area contributed by atoms with E-state index in [1.807, 2.05) is 0 Å². The summed E-state index contributed by atoms with van der Waals surface area (Å²) in [6.45, 7) is 2.17. The number of hydrogen-bond donors (Lipinski definition) is 3. The highest BCUT2D eigenvalue weighted by Crippen LogP contribution is 2.33. The summed E-state index contributed by atoms with van der Waals surface area (Å²) >= 11 is 0. The lowest BCUT2D eigenvalue weighted by atomic mass is 10.0. The molecule has 0 aromatic heterocycles. The van der Waals surface area contributed by atoms with Gasteiger partial charge in [-0.15, -0.1) is 0 Å². The highest BCUT2D eigenvalue weighted by atomic mass is 16.6. The fourth-order valence-electron chi connectivity index (χ4n) is 3.98. The first-order chi connectivity index (χ1) is 19.8. The molecule has 41 heavy (non-hydrogen) atoms. The van der Waals surface area contributed by atoms with Crippen LogP contribution in [0.5, 0.6) is 5.75 Å². The Balaban J connectivity index is 1.27. The minimum atomic E-state index is -1.10. The molecule has 0 radical (unpaired) electrons. The van der Waals surface area contributed by atoms with Crippen LogP contribution >= 0.6 is 0 Å². The summed E-state index contributed by atoms with van der Waals surface area (Å²) in [5.74, 6) is -3.91. The third-order valence-electron chi connectivity index (χ3n) is 5.93. The predicted molar refractivity (Wildman–Crippen MR) is 137 cm³/mol. The topological polar surface area (TPSA) is 196 Å². The zero-order valence-electron chi connectivity index (χ0n) is 22.4. The van der Waals surface area contributed by atoms with E-state index in [1.165, 1.54) is 18.2 Å². The van der Waals surface area contributed by atoms with E-state index in [4.69, 9.17) is 28.8 Å². The van der Waals surface area contributed by atoms with Gasteiger partial charge in [0.2, 0.25) is 11.8 Å². The molecule has 2 heterocycles. The maximum absolute atomic E-state index is 13.0. The van der Waals surface area contributed by atoms with E-state index < -0.39 is 48.2 Å². The predicted octanol–water partition coefficient (Wildman–Crippen LogP) is -0.876. The van der Waals surface area contributed by atoms with Crippen molar-refractivity contribution in [2.75, 3.05) is 66.0 Å². The van der Waals surface area contributed by atoms with Crippen LogP contribution < -0.4 is 15.4 Å². The number of piperidine rings is 1. The summed E-state index contributed by atoms with van der Waals surface area (Å²) in [4.78, 5) is 72.9. The first-order valence-corrected chi connectivity index (χ1v) is 13.1. The van der Waals surface area contributed by atoms with Crippen molar-refractivity contribution in [3.8, 4) is 5.75 Å². The fraction of sp³-hybridized carbons (Fsp3) is 0.538. The van der Waals surface area contributed by atoms with Crippen LogP contribution in [0.1, 0.15) is 40.0 Å². The van der Waals surface area contributed by atoms with E-state index in [0.29, 0.717) is 39.6 Å². The number of imide groups is 2. The molecule has 1 fully saturated rings. The minimum Gasteiger partial charge on any atom is -0.483 e. The number of fused-ring (bicyclic) bond motifs is 1. The molecule has 3 N–H and O–H groups in total. The first-order valence-electron chi connectivity index (χ1n) is 13.1. The van der Waals surface area contributed by atoms with Gasteiger partial charge in [0.1, 0.15) is 11.8 Å². The van der Waals surface area contributed by atoms with Gasteiger partial charge < -0.3 is 34.1 Å². The Morgan fingerprint density at radius 1 is 0.902 bits per heavy atom. The molecular weight excluding hydrogens is 546 g/mol. The van der Waals surface area contributed by atoms with Gasteiger partial charge in [-0.2, -0.15) is 0 Å². The van der Waals surface area contributed by atoms with Gasteiger partial charge in [0.05, 0.1) is 70.4 Å². The Hall–Kier alpha value is -3.92. The molecule has 1 atom stereocenters. The zero-order chi connectivity index (χ0) is 29.6. The van der Waals surface area contributed by atoms with Crippen molar-refractivity contribution in [1.82, 2.24) is 15.5 Å². The van der Waals surface area contributed by atoms with Gasteiger partial charge in [0, 0.05) is 13.0 Å². The van der Waals surface area contributed by atoms with Gasteiger partial charge in [0.25, 0.3) is 17.7 Å². The molecule has 0 saturated carbocycles. The van der Waals surface area contributed by atoms with Gasteiger partial charge in [-0.25, -0.2) is 0 Å². The zero-order valence-corrected chi connectivity index (χ0v) is 22.4. The summed E-state index contributed by atoms with van der Waals surface area (Å²) in [5.41, 5.74) is 0.0228. The summed E-state index contributed by atoms with van der Waals surface area (Å²) in [6, 6.07) is 3.30. The van der Waals surface area contributed by atoms with Crippen LogP contribution in [0.3, 0.4) is 0 Å². The minimum absolute atomic E-state index is 0.00908. The van der Waals surface area contributed by atoms with Crippen LogP contribution in [0.4, 0.5) is 0 Å². The Morgan fingerprint density at radius 3 is 2.17 bits per heavy atom. The number of nitrogens with one attached hydrogen (secondary N) is 2. The van der Waals surface area contributed by atoms with Crippen molar-refractivity contribution in [3.05, 3.63) is 29.3 Å². The Labute approximate surface area is 235 Å². The average Bonchev–Trinajstić information content (AvgIpc) is 3.19. The molecule has 2 aliphatic heterocycles. The molecule has 1 aromatic rings. The van der Waals surface area contributed by atoms with Gasteiger partial charge in [-0.3, -0.25) is 39.0 Å². The number of amides is 5. The Bertz CT molecular complexity index is 1120. The average molecular weight is 580 g/mol. The second kappa shape index (κ2) is 16.4. The van der Waals surface area contributed by atoms with Crippen molar-refractivity contribution in [3.63, 3.8) is 0 Å². The van der Waals surface area contributed by atoms with E-state index in [0.717, 1.165) is 4.90 Å². The van der Waals surface area contributed by atoms with E-state index in [1.54, 1.807) is 0 Å². The molecule has 15 heteroatoms. The van der Waals surface area contributed by atoms with Crippen LogP contribution in [0.15, 0.2) is 18.2 Å². The summed E-state index contributed by atoms with van der Waals surface area (Å²) < 4.78 is 26.6. The summed E-state index contributed by atoms with van der Waals surface area (Å²) in [6.07, 6.45) is -0.00298. The fourth-order valence-corrected chi connectivity index (χ4v) is 3.98. The number of rotatable bonds is 19. The van der Waals surface area contributed by atoms with Crippen molar-refractivity contribution in [2.45, 2.75) is 25.3 Å². The number of carbonyl (C=O) groups excluding carboxylic acids is 5. The summed E-state index contributed by atoms with van der Waals surface area (Å²) in [7, 11) is 0. The van der Waals surface area contributed by atoms with E-state index >= 15 is 0 Å². The van der Waals surface area contributed by atoms with Crippen molar-refractivity contribution >= 4 is 35.5 Å². The standard InChI is InChI=1S/C26H33N3O12/c30-20-5-4-18(24(34)28-20)29-25(35)17-2-1-3-19(23(17)26(29)36)41-16-21(31)27-7-9-38-11-13-40-15-14-39-12-10-37-8-6-22(32)33/h1-3,18H,4-16H2,(H,27,31)(H,32,33)(H,28,30,34). The number of nitrogens with zero attached hydrogens (tertiary/aromatic N) is 1. The lowest BCUT2D eigenvalue weighted by molar-refractivity contribution is -0.138. The quantitative estimate of drug-likeness (QED) is 0.135. The van der Waals surface area contributed by atoms with Gasteiger partial charge in [-0.1, -0.05) is 6.07 Å². The molecule has 1 saturated heterocycles. The molecule has 1 unspecified atom stereocenters. The maximum atomic E-state index is 13.0.